The van der Waals surface area contributed by atoms with Gasteiger partial charge in [0.2, 0.25) is 0 Å². The van der Waals surface area contributed by atoms with Gasteiger partial charge < -0.3 is 14.3 Å². The Morgan fingerprint density at radius 1 is 1.30 bits per heavy atom. The molecule has 0 N–H and O–H groups in total. The molecular formula is C15H14NO4-. The van der Waals surface area contributed by atoms with Crippen LogP contribution < -0.4 is 15.5 Å². The van der Waals surface area contributed by atoms with Crippen LogP contribution in [-0.2, 0) is 0 Å². The van der Waals surface area contributed by atoms with Gasteiger partial charge in [-0.3, -0.25) is 4.99 Å². The van der Waals surface area contributed by atoms with Gasteiger partial charge in [-0.25, -0.2) is 4.79 Å². The van der Waals surface area contributed by atoms with Crippen molar-refractivity contribution in [1.82, 2.24) is 0 Å². The third-order valence-corrected chi connectivity index (χ3v) is 2.77. The van der Waals surface area contributed by atoms with Crippen LogP contribution in [0.1, 0.15) is 18.2 Å². The van der Waals surface area contributed by atoms with E-state index in [1.54, 1.807) is 45.2 Å². The highest BCUT2D eigenvalue weighted by molar-refractivity contribution is 6.01. The van der Waals surface area contributed by atoms with Crippen LogP contribution in [0.25, 0.3) is 0 Å². The van der Waals surface area contributed by atoms with Crippen molar-refractivity contribution in [2.24, 2.45) is 4.99 Å². The molecule has 20 heavy (non-hydrogen) atoms. The standard InChI is InChI=1S/C15H15NO4/c1-9-8-13(17)14(15(18)20-9)10(2)16-11-4-6-12(19-3)7-5-11/h4-8,17H,1-3H3/p-1. The second kappa shape index (κ2) is 5.61. The van der Waals surface area contributed by atoms with Gasteiger partial charge in [0.1, 0.15) is 11.5 Å². The maximum atomic E-state index is 11.8. The average Bonchev–Trinajstić information content (AvgIpc) is 2.38. The first-order valence-corrected chi connectivity index (χ1v) is 6.02. The van der Waals surface area contributed by atoms with Gasteiger partial charge in [0.05, 0.1) is 24.1 Å². The van der Waals surface area contributed by atoms with Crippen LogP contribution in [0.5, 0.6) is 11.5 Å². The number of nitrogens with zero attached hydrogens (tertiary/aromatic N) is 1. The van der Waals surface area contributed by atoms with E-state index in [4.69, 9.17) is 9.15 Å². The molecule has 0 aliphatic carbocycles. The van der Waals surface area contributed by atoms with Crippen LogP contribution in [-0.4, -0.2) is 12.8 Å². The molecule has 2 aromatic rings. The molecular weight excluding hydrogens is 258 g/mol. The molecule has 5 nitrogen and oxygen atoms in total. The monoisotopic (exact) mass is 272 g/mol. The summed E-state index contributed by atoms with van der Waals surface area (Å²) in [7, 11) is 1.57. The molecule has 0 amide bonds. The maximum absolute atomic E-state index is 11.8. The molecule has 0 saturated heterocycles. The fourth-order valence-electron chi connectivity index (χ4n) is 1.82. The quantitative estimate of drug-likeness (QED) is 0.802. The molecule has 1 aromatic heterocycles. The van der Waals surface area contributed by atoms with E-state index in [9.17, 15) is 9.90 Å². The Kier molecular flexibility index (Phi) is 3.89. The minimum absolute atomic E-state index is 0.0357. The topological polar surface area (TPSA) is 74.9 Å². The van der Waals surface area contributed by atoms with Crippen LogP contribution in [0.15, 0.2) is 44.5 Å². The highest BCUT2D eigenvalue weighted by Crippen LogP contribution is 2.20. The zero-order valence-corrected chi connectivity index (χ0v) is 11.5. The van der Waals surface area contributed by atoms with Gasteiger partial charge in [-0.15, -0.1) is 0 Å². The van der Waals surface area contributed by atoms with Gasteiger partial charge in [-0.05, 0) is 44.2 Å². The predicted molar refractivity (Wildman–Crippen MR) is 74.0 cm³/mol. The number of hydrogen-bond donors (Lipinski definition) is 0. The van der Waals surface area contributed by atoms with Crippen LogP contribution >= 0.6 is 0 Å². The lowest BCUT2D eigenvalue weighted by Gasteiger charge is -2.11. The lowest BCUT2D eigenvalue weighted by atomic mass is 10.1. The van der Waals surface area contributed by atoms with Crippen LogP contribution in [0.3, 0.4) is 0 Å². The Bertz CT molecular complexity index is 699. The van der Waals surface area contributed by atoms with Gasteiger partial charge in [0.15, 0.2) is 0 Å². The van der Waals surface area contributed by atoms with E-state index in [0.29, 0.717) is 22.9 Å². The number of ether oxygens (including phenoxy) is 1. The Morgan fingerprint density at radius 3 is 2.50 bits per heavy atom. The summed E-state index contributed by atoms with van der Waals surface area (Å²) in [6.45, 7) is 3.16. The predicted octanol–water partition coefficient (Wildman–Crippen LogP) is 2.17. The fraction of sp³-hybridized carbons (Fsp3) is 0.200. The van der Waals surface area contributed by atoms with Crippen molar-refractivity contribution >= 4 is 11.4 Å². The van der Waals surface area contributed by atoms with Gasteiger partial charge in [-0.2, -0.15) is 0 Å². The Labute approximate surface area is 116 Å². The molecule has 0 fully saturated rings. The summed E-state index contributed by atoms with van der Waals surface area (Å²) in [4.78, 5) is 16.0. The second-order valence-corrected chi connectivity index (χ2v) is 4.28. The molecule has 0 aliphatic rings. The van der Waals surface area contributed by atoms with E-state index in [-0.39, 0.29) is 11.3 Å². The number of aliphatic imine (C=N–C) groups is 1. The van der Waals surface area contributed by atoms with Gasteiger partial charge in [0.25, 0.3) is 0 Å². The van der Waals surface area contributed by atoms with Gasteiger partial charge >= 0.3 is 5.63 Å². The summed E-state index contributed by atoms with van der Waals surface area (Å²) in [6.07, 6.45) is 0. The first-order chi connectivity index (χ1) is 9.51. The number of rotatable bonds is 3. The third kappa shape index (κ3) is 2.88. The number of aryl methyl sites for hydroxylation is 1. The summed E-state index contributed by atoms with van der Waals surface area (Å²) < 4.78 is 9.97. The van der Waals surface area contributed by atoms with E-state index >= 15 is 0 Å². The maximum Gasteiger partial charge on any atom is 0.344 e. The Balaban J connectivity index is 2.42. The van der Waals surface area contributed by atoms with E-state index < -0.39 is 5.63 Å². The molecule has 0 aliphatic heterocycles. The van der Waals surface area contributed by atoms with Crippen molar-refractivity contribution in [2.75, 3.05) is 7.11 Å². The normalized spacial score (nSPS) is 11.4. The zero-order chi connectivity index (χ0) is 14.7. The van der Waals surface area contributed by atoms with E-state index in [0.717, 1.165) is 0 Å². The summed E-state index contributed by atoms with van der Waals surface area (Å²) in [5.41, 5.74) is 0.257. The van der Waals surface area contributed by atoms with Crippen molar-refractivity contribution < 1.29 is 14.3 Å². The number of hydrogen-bond acceptors (Lipinski definition) is 5. The molecule has 104 valence electrons. The summed E-state index contributed by atoms with van der Waals surface area (Å²) in [5.74, 6) is 0.621. The molecule has 1 heterocycles. The molecule has 0 saturated carbocycles. The smallest absolute Gasteiger partial charge is 0.344 e. The largest absolute Gasteiger partial charge is 0.872 e. The summed E-state index contributed by atoms with van der Waals surface area (Å²) in [5, 5.41) is 11.8. The van der Waals surface area contributed by atoms with Crippen molar-refractivity contribution in [3.8, 4) is 11.5 Å². The van der Waals surface area contributed by atoms with Crippen molar-refractivity contribution in [3.05, 3.63) is 52.1 Å². The average molecular weight is 272 g/mol. The molecule has 0 unspecified atom stereocenters. The first-order valence-electron chi connectivity index (χ1n) is 6.02. The van der Waals surface area contributed by atoms with E-state index in [1.165, 1.54) is 6.07 Å². The summed E-state index contributed by atoms with van der Waals surface area (Å²) >= 11 is 0. The third-order valence-electron chi connectivity index (χ3n) is 2.77. The minimum Gasteiger partial charge on any atom is -0.872 e. The SMILES string of the molecule is COc1ccc(N=C(C)c2c([O-])cc(C)oc2=O)cc1. The van der Waals surface area contributed by atoms with Crippen molar-refractivity contribution in [1.29, 1.82) is 0 Å². The first kappa shape index (κ1) is 13.9. The van der Waals surface area contributed by atoms with Crippen molar-refractivity contribution in [3.63, 3.8) is 0 Å². The molecule has 0 radical (unpaired) electrons. The molecule has 5 heteroatoms. The fourth-order valence-corrected chi connectivity index (χ4v) is 1.82. The minimum atomic E-state index is -0.662. The van der Waals surface area contributed by atoms with Gasteiger partial charge in [0, 0.05) is 0 Å². The molecule has 0 bridgehead atoms. The Morgan fingerprint density at radius 2 is 1.95 bits per heavy atom. The Hall–Kier alpha value is -2.56. The van der Waals surface area contributed by atoms with Crippen LogP contribution in [0.2, 0.25) is 0 Å². The highest BCUT2D eigenvalue weighted by Gasteiger charge is 2.07. The summed E-state index contributed by atoms with van der Waals surface area (Å²) in [6, 6.07) is 8.26. The molecule has 2 rings (SSSR count). The van der Waals surface area contributed by atoms with E-state index in [1.807, 2.05) is 0 Å². The lowest BCUT2D eigenvalue weighted by molar-refractivity contribution is -0.269. The molecule has 1 aromatic carbocycles. The lowest BCUT2D eigenvalue weighted by Crippen LogP contribution is -2.16. The molecule has 0 spiro atoms. The van der Waals surface area contributed by atoms with Crippen LogP contribution in [0.4, 0.5) is 5.69 Å². The second-order valence-electron chi connectivity index (χ2n) is 4.28. The highest BCUT2D eigenvalue weighted by atomic mass is 16.5. The van der Waals surface area contributed by atoms with E-state index in [2.05, 4.69) is 4.99 Å². The van der Waals surface area contributed by atoms with Crippen LogP contribution in [0, 0.1) is 6.92 Å². The van der Waals surface area contributed by atoms with Crippen molar-refractivity contribution in [2.45, 2.75) is 13.8 Å². The zero-order valence-electron chi connectivity index (χ0n) is 11.5. The van der Waals surface area contributed by atoms with Gasteiger partial charge in [-0.1, -0.05) is 5.75 Å². The molecule has 0 atom stereocenters. The number of methoxy groups -OCH3 is 1. The number of benzene rings is 1.